The highest BCUT2D eigenvalue weighted by Gasteiger charge is 2.19. The summed E-state index contributed by atoms with van der Waals surface area (Å²) in [5.74, 6) is 1.75. The molecule has 1 N–H and O–H groups in total. The maximum absolute atomic E-state index is 11.3. The number of nitrogens with zero attached hydrogens (tertiary/aromatic N) is 3. The van der Waals surface area contributed by atoms with Gasteiger partial charge in [-0.1, -0.05) is 127 Å². The second kappa shape index (κ2) is 10.6. The van der Waals surface area contributed by atoms with E-state index in [1.807, 2.05) is 103 Å². The molecule has 6 aromatic carbocycles. The fraction of sp³-hybridized carbons (Fsp3) is 0. The number of fused-ring (bicyclic) bond motifs is 3. The van der Waals surface area contributed by atoms with Crippen LogP contribution in [0.5, 0.6) is 5.75 Å². The maximum Gasteiger partial charge on any atom is 0.164 e. The second-order valence-electron chi connectivity index (χ2n) is 10.6. The first-order valence-corrected chi connectivity index (χ1v) is 14.4. The molecule has 2 heterocycles. The van der Waals surface area contributed by atoms with Crippen LogP contribution in [0.15, 0.2) is 150 Å². The van der Waals surface area contributed by atoms with Crippen LogP contribution < -0.4 is 0 Å². The molecule has 8 aromatic rings. The Kier molecular flexibility index (Phi) is 6.20. The normalized spacial score (nSPS) is 11.3. The van der Waals surface area contributed by atoms with Gasteiger partial charge in [0, 0.05) is 38.6 Å². The molecular formula is C39H25N3O2. The molecule has 0 amide bonds. The molecule has 0 spiro atoms. The third-order valence-electron chi connectivity index (χ3n) is 7.85. The first-order valence-electron chi connectivity index (χ1n) is 14.4. The number of hydrogen-bond acceptors (Lipinski definition) is 5. The third-order valence-corrected chi connectivity index (χ3v) is 7.85. The zero-order chi connectivity index (χ0) is 29.5. The van der Waals surface area contributed by atoms with Gasteiger partial charge < -0.3 is 9.52 Å². The lowest BCUT2D eigenvalue weighted by Gasteiger charge is -2.14. The molecule has 0 bridgehead atoms. The standard InChI is InChI=1S/C39H25N3O2/c43-33-22-11-21-32(39-41-37(25-12-3-1-4-13-25)40-38(42-39)26-14-5-2-6-15-26)35(33)28-17-9-16-27(24-28)29-19-10-20-31-30-18-7-8-23-34(30)44-36(29)31/h1-24,43H. The van der Waals surface area contributed by atoms with Crippen molar-refractivity contribution in [2.24, 2.45) is 0 Å². The van der Waals surface area contributed by atoms with Crippen LogP contribution in [0.3, 0.4) is 0 Å². The van der Waals surface area contributed by atoms with Gasteiger partial charge in [0.25, 0.3) is 0 Å². The predicted octanol–water partition coefficient (Wildman–Crippen LogP) is 9.81. The van der Waals surface area contributed by atoms with Crippen molar-refractivity contribution in [3.63, 3.8) is 0 Å². The van der Waals surface area contributed by atoms with Gasteiger partial charge in [-0.2, -0.15) is 0 Å². The van der Waals surface area contributed by atoms with E-state index in [1.54, 1.807) is 6.07 Å². The topological polar surface area (TPSA) is 72.0 Å². The minimum absolute atomic E-state index is 0.143. The molecule has 5 nitrogen and oxygen atoms in total. The van der Waals surface area contributed by atoms with E-state index in [1.165, 1.54) is 0 Å². The van der Waals surface area contributed by atoms with E-state index in [0.717, 1.165) is 49.8 Å². The Bertz CT molecular complexity index is 2240. The van der Waals surface area contributed by atoms with E-state index >= 15 is 0 Å². The van der Waals surface area contributed by atoms with E-state index in [9.17, 15) is 5.11 Å². The average Bonchev–Trinajstić information content (AvgIpc) is 3.48. The smallest absolute Gasteiger partial charge is 0.164 e. The van der Waals surface area contributed by atoms with Gasteiger partial charge in [-0.3, -0.25) is 0 Å². The summed E-state index contributed by atoms with van der Waals surface area (Å²) in [6.45, 7) is 0. The van der Waals surface area contributed by atoms with Crippen molar-refractivity contribution in [2.75, 3.05) is 0 Å². The van der Waals surface area contributed by atoms with Gasteiger partial charge in [0.05, 0.1) is 0 Å². The molecule has 0 aliphatic heterocycles. The highest BCUT2D eigenvalue weighted by atomic mass is 16.3. The summed E-state index contributed by atoms with van der Waals surface area (Å²) in [6, 6.07) is 47.6. The van der Waals surface area contributed by atoms with Crippen LogP contribution in [0, 0.1) is 0 Å². The van der Waals surface area contributed by atoms with Crippen molar-refractivity contribution < 1.29 is 9.52 Å². The molecule has 0 radical (unpaired) electrons. The fourth-order valence-electron chi connectivity index (χ4n) is 5.78. The summed E-state index contributed by atoms with van der Waals surface area (Å²) < 4.78 is 6.33. The molecule has 0 saturated heterocycles. The van der Waals surface area contributed by atoms with Crippen LogP contribution in [0.25, 0.3) is 78.4 Å². The third kappa shape index (κ3) is 4.48. The first kappa shape index (κ1) is 25.6. The summed E-state index contributed by atoms with van der Waals surface area (Å²) in [4.78, 5) is 14.7. The number of phenols is 1. The summed E-state index contributed by atoms with van der Waals surface area (Å²) in [6.07, 6.45) is 0. The minimum Gasteiger partial charge on any atom is -0.507 e. The first-order chi connectivity index (χ1) is 21.7. The molecule has 208 valence electrons. The minimum atomic E-state index is 0.143. The monoisotopic (exact) mass is 567 g/mol. The van der Waals surface area contributed by atoms with Gasteiger partial charge in [0.2, 0.25) is 0 Å². The molecule has 0 atom stereocenters. The zero-order valence-corrected chi connectivity index (χ0v) is 23.6. The molecule has 0 fully saturated rings. The Hall–Kier alpha value is -6.07. The van der Waals surface area contributed by atoms with Crippen molar-refractivity contribution in [1.82, 2.24) is 15.0 Å². The van der Waals surface area contributed by atoms with Crippen LogP contribution in [-0.4, -0.2) is 20.1 Å². The van der Waals surface area contributed by atoms with Crippen molar-refractivity contribution in [2.45, 2.75) is 0 Å². The van der Waals surface area contributed by atoms with Gasteiger partial charge >= 0.3 is 0 Å². The van der Waals surface area contributed by atoms with Crippen LogP contribution in [-0.2, 0) is 0 Å². The van der Waals surface area contributed by atoms with E-state index in [2.05, 4.69) is 36.4 Å². The largest absolute Gasteiger partial charge is 0.507 e. The summed E-state index contributed by atoms with van der Waals surface area (Å²) in [5.41, 5.74) is 7.62. The quantitative estimate of drug-likeness (QED) is 0.224. The molecule has 0 aliphatic carbocycles. The SMILES string of the molecule is Oc1cccc(-c2nc(-c3ccccc3)nc(-c3ccccc3)n2)c1-c1cccc(-c2cccc3c2oc2ccccc23)c1. The molecule has 8 rings (SSSR count). The number of hydrogen-bond donors (Lipinski definition) is 1. The number of rotatable bonds is 5. The maximum atomic E-state index is 11.3. The molecule has 0 aliphatic rings. The van der Waals surface area contributed by atoms with Crippen LogP contribution in [0.4, 0.5) is 0 Å². The predicted molar refractivity (Wildman–Crippen MR) is 176 cm³/mol. The average molecular weight is 568 g/mol. The van der Waals surface area contributed by atoms with Crippen molar-refractivity contribution >= 4 is 21.9 Å². The van der Waals surface area contributed by atoms with Gasteiger partial charge in [0.1, 0.15) is 16.9 Å². The number of aromatic nitrogens is 3. The number of benzene rings is 6. The molecule has 5 heteroatoms. The fourth-order valence-corrected chi connectivity index (χ4v) is 5.78. The van der Waals surface area contributed by atoms with Crippen molar-refractivity contribution in [3.05, 3.63) is 146 Å². The van der Waals surface area contributed by atoms with Crippen molar-refractivity contribution in [3.8, 4) is 62.2 Å². The highest BCUT2D eigenvalue weighted by Crippen LogP contribution is 2.41. The summed E-state index contributed by atoms with van der Waals surface area (Å²) in [7, 11) is 0. The lowest BCUT2D eigenvalue weighted by atomic mass is 9.94. The van der Waals surface area contributed by atoms with E-state index in [-0.39, 0.29) is 5.75 Å². The van der Waals surface area contributed by atoms with Crippen LogP contribution >= 0.6 is 0 Å². The number of aromatic hydroxyl groups is 1. The highest BCUT2D eigenvalue weighted by molar-refractivity contribution is 6.09. The molecule has 0 unspecified atom stereocenters. The molecule has 2 aromatic heterocycles. The van der Waals surface area contributed by atoms with Gasteiger partial charge in [0.15, 0.2) is 17.5 Å². The van der Waals surface area contributed by atoms with Gasteiger partial charge in [-0.05, 0) is 29.3 Å². The summed E-state index contributed by atoms with van der Waals surface area (Å²) >= 11 is 0. The lowest BCUT2D eigenvalue weighted by molar-refractivity contribution is 0.477. The Morgan fingerprint density at radius 3 is 1.73 bits per heavy atom. The lowest BCUT2D eigenvalue weighted by Crippen LogP contribution is -2.01. The number of furan rings is 1. The Labute approximate surface area is 253 Å². The van der Waals surface area contributed by atoms with Crippen LogP contribution in [0.2, 0.25) is 0 Å². The zero-order valence-electron chi connectivity index (χ0n) is 23.6. The van der Waals surface area contributed by atoms with Gasteiger partial charge in [-0.25, -0.2) is 15.0 Å². The second-order valence-corrected chi connectivity index (χ2v) is 10.6. The number of para-hydroxylation sites is 2. The Morgan fingerprint density at radius 1 is 0.432 bits per heavy atom. The van der Waals surface area contributed by atoms with E-state index < -0.39 is 0 Å². The van der Waals surface area contributed by atoms with Gasteiger partial charge in [-0.15, -0.1) is 0 Å². The van der Waals surface area contributed by atoms with Crippen LogP contribution in [0.1, 0.15) is 0 Å². The van der Waals surface area contributed by atoms with E-state index in [4.69, 9.17) is 19.4 Å². The number of phenolic OH excluding ortho intramolecular Hbond substituents is 1. The Balaban J connectivity index is 1.31. The Morgan fingerprint density at radius 2 is 0.977 bits per heavy atom. The molecule has 0 saturated carbocycles. The van der Waals surface area contributed by atoms with E-state index in [0.29, 0.717) is 28.6 Å². The summed E-state index contributed by atoms with van der Waals surface area (Å²) in [5, 5.41) is 13.5. The van der Waals surface area contributed by atoms with Crippen molar-refractivity contribution in [1.29, 1.82) is 0 Å². The molecule has 44 heavy (non-hydrogen) atoms. The molecular weight excluding hydrogens is 542 g/mol.